The van der Waals surface area contributed by atoms with Crippen molar-refractivity contribution in [1.82, 2.24) is 5.32 Å². The number of nitro benzene ring substituents is 1. The Morgan fingerprint density at radius 3 is 2.33 bits per heavy atom. The summed E-state index contributed by atoms with van der Waals surface area (Å²) in [4.78, 5) is 23.2. The Bertz CT molecular complexity index is 755. The minimum atomic E-state index is -0.495. The maximum absolute atomic E-state index is 12.7. The predicted octanol–water partition coefficient (Wildman–Crippen LogP) is 4.72. The number of benzene rings is 2. The Hall–Kier alpha value is -1.96. The van der Waals surface area contributed by atoms with Gasteiger partial charge in [-0.05, 0) is 39.6 Å². The van der Waals surface area contributed by atoms with Crippen LogP contribution in [0, 0.1) is 19.1 Å². The fourth-order valence-corrected chi connectivity index (χ4v) is 3.04. The number of non-ortho nitro benzene ring substituents is 1. The van der Waals surface area contributed by atoms with Gasteiger partial charge in [0.05, 0.1) is 16.5 Å². The molecule has 1 atom stereocenters. The van der Waals surface area contributed by atoms with E-state index in [2.05, 4.69) is 5.32 Å². The summed E-state index contributed by atoms with van der Waals surface area (Å²) in [6.07, 6.45) is 0. The molecule has 0 aliphatic heterocycles. The minimum absolute atomic E-state index is 0.0902. The molecule has 1 N–H and O–H groups in total. The lowest BCUT2D eigenvalue weighted by atomic mass is 9.82. The van der Waals surface area contributed by atoms with Crippen molar-refractivity contribution in [2.75, 3.05) is 0 Å². The molecule has 0 saturated heterocycles. The van der Waals surface area contributed by atoms with Crippen molar-refractivity contribution in [1.29, 1.82) is 0 Å². The third kappa shape index (κ3) is 4.31. The summed E-state index contributed by atoms with van der Waals surface area (Å²) in [5, 5.41) is 14.0. The van der Waals surface area contributed by atoms with Crippen molar-refractivity contribution < 1.29 is 9.72 Å². The smallest absolute Gasteiger partial charge is 0.270 e. The molecular weight excluding hydrogens is 419 g/mol. The highest BCUT2D eigenvalue weighted by Crippen LogP contribution is 2.33. The van der Waals surface area contributed by atoms with Crippen LogP contribution in [0.3, 0.4) is 0 Å². The van der Waals surface area contributed by atoms with E-state index in [1.54, 1.807) is 6.07 Å². The fourth-order valence-electron chi connectivity index (χ4n) is 2.46. The average molecular weight is 438 g/mol. The van der Waals surface area contributed by atoms with Crippen LogP contribution >= 0.6 is 22.6 Å². The fraction of sp³-hybridized carbons (Fsp3) is 0.278. The zero-order valence-corrected chi connectivity index (χ0v) is 15.9. The number of rotatable bonds is 4. The number of carbonyl (C=O) groups excluding carboxylic acids is 1. The molecule has 1 amide bonds. The zero-order chi connectivity index (χ0) is 17.9. The van der Waals surface area contributed by atoms with E-state index in [9.17, 15) is 14.9 Å². The Balaban J connectivity index is 2.35. The number of halogens is 1. The molecule has 0 aliphatic carbocycles. The van der Waals surface area contributed by atoms with Crippen molar-refractivity contribution in [2.45, 2.75) is 26.8 Å². The zero-order valence-electron chi connectivity index (χ0n) is 13.7. The number of amides is 1. The van der Waals surface area contributed by atoms with Crippen LogP contribution in [0.1, 0.15) is 42.7 Å². The molecule has 1 unspecified atom stereocenters. The van der Waals surface area contributed by atoms with E-state index >= 15 is 0 Å². The molecule has 126 valence electrons. The summed E-state index contributed by atoms with van der Waals surface area (Å²) in [5.74, 6) is -0.313. The summed E-state index contributed by atoms with van der Waals surface area (Å²) in [5.41, 5.74) is 1.02. The van der Waals surface area contributed by atoms with Gasteiger partial charge in [-0.3, -0.25) is 14.9 Å². The van der Waals surface area contributed by atoms with Crippen molar-refractivity contribution >= 4 is 34.2 Å². The number of hydrogen-bond donors (Lipinski definition) is 1. The van der Waals surface area contributed by atoms with E-state index in [-0.39, 0.29) is 23.1 Å². The van der Waals surface area contributed by atoms with Crippen LogP contribution in [0.4, 0.5) is 5.69 Å². The molecule has 2 rings (SSSR count). The standard InChI is InChI=1S/C18H19IN2O3/c1-18(2,3)16(12-7-5-4-6-8-12)20-17(22)14-11-13(21(23)24)9-10-15(14)19/h4-11,16H,1-3H3,(H,20,22). The summed E-state index contributed by atoms with van der Waals surface area (Å²) in [6, 6.07) is 13.8. The first-order valence-electron chi connectivity index (χ1n) is 7.50. The number of nitro groups is 1. The Labute approximate surface area is 154 Å². The molecule has 2 aromatic rings. The van der Waals surface area contributed by atoms with Crippen LogP contribution in [0.2, 0.25) is 0 Å². The van der Waals surface area contributed by atoms with Gasteiger partial charge in [-0.15, -0.1) is 0 Å². The molecule has 0 bridgehead atoms. The lowest BCUT2D eigenvalue weighted by Crippen LogP contribution is -2.37. The molecule has 0 aromatic heterocycles. The van der Waals surface area contributed by atoms with Gasteiger partial charge in [0.25, 0.3) is 11.6 Å². The first kappa shape index (κ1) is 18.4. The topological polar surface area (TPSA) is 72.2 Å². The first-order chi connectivity index (χ1) is 11.2. The molecule has 0 spiro atoms. The molecule has 0 saturated carbocycles. The van der Waals surface area contributed by atoms with E-state index in [1.165, 1.54) is 12.1 Å². The quantitative estimate of drug-likeness (QED) is 0.427. The van der Waals surface area contributed by atoms with Gasteiger partial charge < -0.3 is 5.32 Å². The highest BCUT2D eigenvalue weighted by Gasteiger charge is 2.29. The van der Waals surface area contributed by atoms with E-state index in [4.69, 9.17) is 0 Å². The van der Waals surface area contributed by atoms with Crippen LogP contribution in [-0.2, 0) is 0 Å². The highest BCUT2D eigenvalue weighted by atomic mass is 127. The SMILES string of the molecule is CC(C)(C)C(NC(=O)c1cc([N+](=O)[O-])ccc1I)c1ccccc1. The summed E-state index contributed by atoms with van der Waals surface area (Å²) < 4.78 is 0.677. The van der Waals surface area contributed by atoms with Crippen LogP contribution in [0.15, 0.2) is 48.5 Å². The molecule has 0 fully saturated rings. The Kier molecular flexibility index (Phi) is 5.58. The van der Waals surface area contributed by atoms with Gasteiger partial charge in [0.15, 0.2) is 0 Å². The monoisotopic (exact) mass is 438 g/mol. The second-order valence-electron chi connectivity index (χ2n) is 6.60. The minimum Gasteiger partial charge on any atom is -0.345 e. The van der Waals surface area contributed by atoms with E-state index < -0.39 is 4.92 Å². The molecule has 5 nitrogen and oxygen atoms in total. The predicted molar refractivity (Wildman–Crippen MR) is 102 cm³/mol. The van der Waals surface area contributed by atoms with Gasteiger partial charge >= 0.3 is 0 Å². The first-order valence-corrected chi connectivity index (χ1v) is 8.58. The lowest BCUT2D eigenvalue weighted by Gasteiger charge is -2.32. The largest absolute Gasteiger partial charge is 0.345 e. The summed E-state index contributed by atoms with van der Waals surface area (Å²) in [6.45, 7) is 6.13. The van der Waals surface area contributed by atoms with Gasteiger partial charge in [0, 0.05) is 15.7 Å². The average Bonchev–Trinajstić information content (AvgIpc) is 2.52. The molecule has 6 heteroatoms. The maximum Gasteiger partial charge on any atom is 0.270 e. The maximum atomic E-state index is 12.7. The summed E-state index contributed by atoms with van der Waals surface area (Å²) in [7, 11) is 0. The second kappa shape index (κ2) is 7.29. The third-order valence-electron chi connectivity index (χ3n) is 3.68. The van der Waals surface area contributed by atoms with Crippen LogP contribution in [0.25, 0.3) is 0 Å². The van der Waals surface area contributed by atoms with Crippen molar-refractivity contribution in [2.24, 2.45) is 5.41 Å². The van der Waals surface area contributed by atoms with Crippen molar-refractivity contribution in [3.8, 4) is 0 Å². The number of nitrogens with one attached hydrogen (secondary N) is 1. The molecular formula is C18H19IN2O3. The van der Waals surface area contributed by atoms with Gasteiger partial charge in [-0.1, -0.05) is 51.1 Å². The highest BCUT2D eigenvalue weighted by molar-refractivity contribution is 14.1. The molecule has 2 aromatic carbocycles. The number of hydrogen-bond acceptors (Lipinski definition) is 3. The second-order valence-corrected chi connectivity index (χ2v) is 7.77. The molecule has 0 radical (unpaired) electrons. The molecule has 0 aliphatic rings. The number of nitrogens with zero attached hydrogens (tertiary/aromatic N) is 1. The van der Waals surface area contributed by atoms with Gasteiger partial charge in [-0.25, -0.2) is 0 Å². The van der Waals surface area contributed by atoms with Gasteiger partial charge in [0.1, 0.15) is 0 Å². The van der Waals surface area contributed by atoms with Crippen LogP contribution < -0.4 is 5.32 Å². The number of carbonyl (C=O) groups is 1. The van der Waals surface area contributed by atoms with Crippen LogP contribution in [0.5, 0.6) is 0 Å². The van der Waals surface area contributed by atoms with E-state index in [0.717, 1.165) is 5.56 Å². The third-order valence-corrected chi connectivity index (χ3v) is 4.62. The molecule has 0 heterocycles. The van der Waals surface area contributed by atoms with Crippen molar-refractivity contribution in [3.05, 3.63) is 73.3 Å². The molecule has 24 heavy (non-hydrogen) atoms. The van der Waals surface area contributed by atoms with Crippen molar-refractivity contribution in [3.63, 3.8) is 0 Å². The van der Waals surface area contributed by atoms with Gasteiger partial charge in [0.2, 0.25) is 0 Å². The Morgan fingerprint density at radius 1 is 1.17 bits per heavy atom. The normalized spacial score (nSPS) is 12.5. The van der Waals surface area contributed by atoms with E-state index in [1.807, 2.05) is 73.7 Å². The Morgan fingerprint density at radius 2 is 1.79 bits per heavy atom. The summed E-state index contributed by atoms with van der Waals surface area (Å²) >= 11 is 2.01. The van der Waals surface area contributed by atoms with Gasteiger partial charge in [-0.2, -0.15) is 0 Å². The van der Waals surface area contributed by atoms with E-state index in [0.29, 0.717) is 9.13 Å². The van der Waals surface area contributed by atoms with Crippen LogP contribution in [-0.4, -0.2) is 10.8 Å². The lowest BCUT2D eigenvalue weighted by molar-refractivity contribution is -0.384.